The molecule has 1 aromatic carbocycles. The molecule has 0 saturated heterocycles. The molecule has 0 heterocycles. The summed E-state index contributed by atoms with van der Waals surface area (Å²) in [5.41, 5.74) is 1.00. The van der Waals surface area contributed by atoms with Gasteiger partial charge in [0.25, 0.3) is 0 Å². The number of hydrogen-bond donors (Lipinski definition) is 2. The molecular formula is C12H13NO3. The zero-order chi connectivity index (χ0) is 12.1. The molecule has 0 aliphatic carbocycles. The third kappa shape index (κ3) is 2.95. The molecule has 1 amide bonds. The van der Waals surface area contributed by atoms with Gasteiger partial charge in [-0.1, -0.05) is 6.58 Å². The average molecular weight is 219 g/mol. The fraction of sp³-hybridized carbons (Fsp3) is 0.167. The molecule has 0 bridgehead atoms. The van der Waals surface area contributed by atoms with E-state index >= 15 is 0 Å². The van der Waals surface area contributed by atoms with Crippen LogP contribution < -0.4 is 5.32 Å². The van der Waals surface area contributed by atoms with Gasteiger partial charge in [0.15, 0.2) is 5.78 Å². The first kappa shape index (κ1) is 12.0. The standard InChI is InChI=1S/C12H13NO3/c1-3-12(16)13-7-10-6-9(8(2)14)4-5-11(10)15/h3-6,15H,1,7H2,2H3,(H,13,16). The topological polar surface area (TPSA) is 66.4 Å². The van der Waals surface area contributed by atoms with Crippen LogP contribution in [-0.4, -0.2) is 16.8 Å². The maximum atomic E-state index is 11.1. The highest BCUT2D eigenvalue weighted by atomic mass is 16.3. The molecule has 2 N–H and O–H groups in total. The van der Waals surface area contributed by atoms with Crippen molar-refractivity contribution in [3.8, 4) is 5.75 Å². The van der Waals surface area contributed by atoms with E-state index in [0.29, 0.717) is 11.1 Å². The van der Waals surface area contributed by atoms with E-state index in [4.69, 9.17) is 0 Å². The van der Waals surface area contributed by atoms with Crippen LogP contribution in [0.1, 0.15) is 22.8 Å². The zero-order valence-electron chi connectivity index (χ0n) is 8.99. The summed E-state index contributed by atoms with van der Waals surface area (Å²) in [6.07, 6.45) is 1.14. The summed E-state index contributed by atoms with van der Waals surface area (Å²) in [4.78, 5) is 22.1. The zero-order valence-corrected chi connectivity index (χ0v) is 8.99. The lowest BCUT2D eigenvalue weighted by molar-refractivity contribution is -0.116. The number of phenols is 1. The van der Waals surface area contributed by atoms with E-state index in [1.54, 1.807) is 6.07 Å². The molecule has 84 valence electrons. The van der Waals surface area contributed by atoms with Crippen LogP contribution >= 0.6 is 0 Å². The molecular weight excluding hydrogens is 206 g/mol. The van der Waals surface area contributed by atoms with Gasteiger partial charge in [-0.05, 0) is 31.2 Å². The van der Waals surface area contributed by atoms with Gasteiger partial charge in [-0.25, -0.2) is 0 Å². The molecule has 16 heavy (non-hydrogen) atoms. The molecule has 1 aromatic rings. The molecule has 0 fully saturated rings. The minimum absolute atomic E-state index is 0.0503. The van der Waals surface area contributed by atoms with Gasteiger partial charge in [-0.15, -0.1) is 0 Å². The number of carbonyl (C=O) groups excluding carboxylic acids is 2. The summed E-state index contributed by atoms with van der Waals surface area (Å²) < 4.78 is 0. The number of nitrogens with one attached hydrogen (secondary N) is 1. The first-order valence-corrected chi connectivity index (χ1v) is 4.77. The quantitative estimate of drug-likeness (QED) is 0.594. The summed E-state index contributed by atoms with van der Waals surface area (Å²) >= 11 is 0. The van der Waals surface area contributed by atoms with Gasteiger partial charge in [0.1, 0.15) is 5.75 Å². The Bertz CT molecular complexity index is 438. The smallest absolute Gasteiger partial charge is 0.243 e. The lowest BCUT2D eigenvalue weighted by atomic mass is 10.1. The Hall–Kier alpha value is -2.10. The van der Waals surface area contributed by atoms with Crippen LogP contribution in [0.25, 0.3) is 0 Å². The second-order valence-electron chi connectivity index (χ2n) is 3.32. The summed E-state index contributed by atoms with van der Waals surface area (Å²) in [6, 6.07) is 4.53. The first-order valence-electron chi connectivity index (χ1n) is 4.77. The highest BCUT2D eigenvalue weighted by Crippen LogP contribution is 2.18. The Labute approximate surface area is 93.6 Å². The monoisotopic (exact) mass is 219 g/mol. The number of Topliss-reactive ketones (excluding diaryl/α,β-unsaturated/α-hetero) is 1. The predicted molar refractivity (Wildman–Crippen MR) is 60.2 cm³/mol. The van der Waals surface area contributed by atoms with Crippen molar-refractivity contribution in [1.29, 1.82) is 0 Å². The normalized spacial score (nSPS) is 9.56. The lowest BCUT2D eigenvalue weighted by Gasteiger charge is -2.06. The Morgan fingerprint density at radius 2 is 2.19 bits per heavy atom. The number of rotatable bonds is 4. The molecule has 0 aliphatic rings. The van der Waals surface area contributed by atoms with Crippen LogP contribution in [0, 0.1) is 0 Å². The Kier molecular flexibility index (Phi) is 3.83. The van der Waals surface area contributed by atoms with E-state index in [-0.39, 0.29) is 24.0 Å². The largest absolute Gasteiger partial charge is 0.508 e. The number of hydrogen-bond acceptors (Lipinski definition) is 3. The van der Waals surface area contributed by atoms with Gasteiger partial charge in [-0.2, -0.15) is 0 Å². The summed E-state index contributed by atoms with van der Waals surface area (Å²) in [5.74, 6) is -0.363. The van der Waals surface area contributed by atoms with Gasteiger partial charge in [-0.3, -0.25) is 9.59 Å². The fourth-order valence-corrected chi connectivity index (χ4v) is 1.20. The van der Waals surface area contributed by atoms with Crippen LogP contribution in [-0.2, 0) is 11.3 Å². The van der Waals surface area contributed by atoms with Crippen molar-refractivity contribution in [2.24, 2.45) is 0 Å². The van der Waals surface area contributed by atoms with Crippen molar-refractivity contribution in [2.75, 3.05) is 0 Å². The minimum atomic E-state index is -0.326. The van der Waals surface area contributed by atoms with Crippen LogP contribution in [0.15, 0.2) is 30.9 Å². The maximum Gasteiger partial charge on any atom is 0.243 e. The van der Waals surface area contributed by atoms with E-state index in [2.05, 4.69) is 11.9 Å². The second kappa shape index (κ2) is 5.11. The molecule has 4 heteroatoms. The summed E-state index contributed by atoms with van der Waals surface area (Å²) in [6.45, 7) is 4.92. The van der Waals surface area contributed by atoms with E-state index in [1.165, 1.54) is 19.1 Å². The molecule has 0 aliphatic heterocycles. The molecule has 0 atom stereocenters. The van der Waals surface area contributed by atoms with Crippen LogP contribution in [0.2, 0.25) is 0 Å². The van der Waals surface area contributed by atoms with Gasteiger partial charge in [0, 0.05) is 17.7 Å². The van der Waals surface area contributed by atoms with Gasteiger partial charge in [0.2, 0.25) is 5.91 Å². The van der Waals surface area contributed by atoms with E-state index in [0.717, 1.165) is 6.08 Å². The number of amides is 1. The number of phenolic OH excluding ortho intramolecular Hbond substituents is 1. The average Bonchev–Trinajstić information content (AvgIpc) is 2.27. The van der Waals surface area contributed by atoms with Crippen LogP contribution in [0.3, 0.4) is 0 Å². The van der Waals surface area contributed by atoms with Crippen molar-refractivity contribution in [3.05, 3.63) is 42.0 Å². The van der Waals surface area contributed by atoms with Crippen LogP contribution in [0.4, 0.5) is 0 Å². The molecule has 0 unspecified atom stereocenters. The Morgan fingerprint density at radius 1 is 1.50 bits per heavy atom. The first-order chi connectivity index (χ1) is 7.54. The van der Waals surface area contributed by atoms with Gasteiger partial charge in [0.05, 0.1) is 0 Å². The second-order valence-corrected chi connectivity index (χ2v) is 3.32. The highest BCUT2D eigenvalue weighted by molar-refractivity contribution is 5.94. The number of ketones is 1. The lowest BCUT2D eigenvalue weighted by Crippen LogP contribution is -2.20. The van der Waals surface area contributed by atoms with Crippen molar-refractivity contribution in [2.45, 2.75) is 13.5 Å². The summed E-state index contributed by atoms with van der Waals surface area (Å²) in [5, 5.41) is 12.0. The van der Waals surface area contributed by atoms with Crippen molar-refractivity contribution < 1.29 is 14.7 Å². The number of benzene rings is 1. The van der Waals surface area contributed by atoms with Gasteiger partial charge >= 0.3 is 0 Å². The molecule has 0 aromatic heterocycles. The van der Waals surface area contributed by atoms with Crippen molar-refractivity contribution >= 4 is 11.7 Å². The third-order valence-corrected chi connectivity index (χ3v) is 2.12. The molecule has 0 spiro atoms. The highest BCUT2D eigenvalue weighted by Gasteiger charge is 2.06. The SMILES string of the molecule is C=CC(=O)NCc1cc(C(C)=O)ccc1O. The molecule has 0 saturated carbocycles. The molecule has 0 radical (unpaired) electrons. The van der Waals surface area contributed by atoms with E-state index < -0.39 is 0 Å². The molecule has 4 nitrogen and oxygen atoms in total. The predicted octanol–water partition coefficient (Wildman–Crippen LogP) is 1.40. The van der Waals surface area contributed by atoms with Gasteiger partial charge < -0.3 is 10.4 Å². The fourth-order valence-electron chi connectivity index (χ4n) is 1.20. The van der Waals surface area contributed by atoms with E-state index in [9.17, 15) is 14.7 Å². The van der Waals surface area contributed by atoms with E-state index in [1.807, 2.05) is 0 Å². The van der Waals surface area contributed by atoms with Crippen molar-refractivity contribution in [3.63, 3.8) is 0 Å². The summed E-state index contributed by atoms with van der Waals surface area (Å²) in [7, 11) is 0. The number of carbonyl (C=O) groups is 2. The number of aromatic hydroxyl groups is 1. The maximum absolute atomic E-state index is 11.1. The van der Waals surface area contributed by atoms with Crippen LogP contribution in [0.5, 0.6) is 5.75 Å². The van der Waals surface area contributed by atoms with Crippen molar-refractivity contribution in [1.82, 2.24) is 5.32 Å². The minimum Gasteiger partial charge on any atom is -0.508 e. The third-order valence-electron chi connectivity index (χ3n) is 2.12. The Balaban J connectivity index is 2.86. The molecule has 1 rings (SSSR count). The Morgan fingerprint density at radius 3 is 2.75 bits per heavy atom.